The maximum atomic E-state index is 2.46. The summed E-state index contributed by atoms with van der Waals surface area (Å²) in [6.07, 6.45) is 8.52. The van der Waals surface area contributed by atoms with Gasteiger partial charge in [0.15, 0.2) is 6.20 Å². The summed E-state index contributed by atoms with van der Waals surface area (Å²) in [5, 5.41) is 0. The molecule has 122 valence electrons. The van der Waals surface area contributed by atoms with Crippen molar-refractivity contribution in [2.24, 2.45) is 12.5 Å². The number of aromatic nitrogens is 1. The second-order valence-corrected chi connectivity index (χ2v) is 8.41. The van der Waals surface area contributed by atoms with Crippen LogP contribution in [0.25, 0.3) is 11.3 Å². The molecular weight excluding hydrogens is 278 g/mol. The topological polar surface area (TPSA) is 3.88 Å². The highest BCUT2D eigenvalue weighted by Gasteiger charge is 2.19. The van der Waals surface area contributed by atoms with Gasteiger partial charge in [0.25, 0.3) is 0 Å². The number of hydrogen-bond acceptors (Lipinski definition) is 0. The Morgan fingerprint density at radius 1 is 1.00 bits per heavy atom. The molecule has 1 heteroatoms. The first-order valence-corrected chi connectivity index (χ1v) is 8.95. The molecule has 0 aliphatic heterocycles. The number of rotatable bonds is 2. The Bertz CT molecular complexity index is 719. The minimum absolute atomic E-state index is 0.322. The van der Waals surface area contributed by atoms with Crippen LogP contribution in [0.3, 0.4) is 0 Å². The monoisotopic (exact) mass is 308 g/mol. The van der Waals surface area contributed by atoms with E-state index in [0.29, 0.717) is 5.41 Å². The molecule has 1 aliphatic carbocycles. The first kappa shape index (κ1) is 16.2. The van der Waals surface area contributed by atoms with Gasteiger partial charge in [-0.2, -0.15) is 0 Å². The molecular formula is C22H30N+. The third-order valence-corrected chi connectivity index (χ3v) is 4.91. The Labute approximate surface area is 141 Å². The summed E-state index contributed by atoms with van der Waals surface area (Å²) in [4.78, 5) is 0. The number of benzene rings is 1. The molecule has 1 aromatic carbocycles. The molecule has 3 rings (SSSR count). The summed E-state index contributed by atoms with van der Waals surface area (Å²) in [6.45, 7) is 9.19. The van der Waals surface area contributed by atoms with Gasteiger partial charge in [-0.3, -0.25) is 0 Å². The highest BCUT2D eigenvalue weighted by molar-refractivity contribution is 5.64. The summed E-state index contributed by atoms with van der Waals surface area (Å²) < 4.78 is 2.27. The lowest BCUT2D eigenvalue weighted by atomic mass is 9.86. The van der Waals surface area contributed by atoms with Crippen LogP contribution in [0.1, 0.15) is 55.9 Å². The fraction of sp³-hybridized carbons (Fsp3) is 0.500. The van der Waals surface area contributed by atoms with E-state index in [1.54, 1.807) is 11.1 Å². The van der Waals surface area contributed by atoms with Crippen LogP contribution < -0.4 is 4.57 Å². The summed E-state index contributed by atoms with van der Waals surface area (Å²) in [5.41, 5.74) is 9.06. The molecule has 1 nitrogen and oxygen atoms in total. The fourth-order valence-corrected chi connectivity index (χ4v) is 3.79. The van der Waals surface area contributed by atoms with Crippen molar-refractivity contribution in [2.75, 3.05) is 0 Å². The van der Waals surface area contributed by atoms with Gasteiger partial charge in [-0.15, -0.1) is 0 Å². The van der Waals surface area contributed by atoms with Crippen LogP contribution in [-0.4, -0.2) is 0 Å². The molecule has 0 radical (unpaired) electrons. The highest BCUT2D eigenvalue weighted by atomic mass is 14.9. The lowest BCUT2D eigenvalue weighted by Crippen LogP contribution is -2.31. The fourth-order valence-electron chi connectivity index (χ4n) is 3.79. The molecule has 1 aromatic heterocycles. The standard InChI is InChI=1S/C22H30N/c1-16-12-18-8-6-7-9-19(18)14-20(16)21-13-17(10-11-23(21)5)15-22(2,3)4/h10-14H,6-9,15H2,1-5H3/q+1. The molecule has 0 saturated heterocycles. The average molecular weight is 308 g/mol. The molecule has 0 saturated carbocycles. The maximum Gasteiger partial charge on any atom is 0.212 e. The van der Waals surface area contributed by atoms with E-state index in [4.69, 9.17) is 0 Å². The van der Waals surface area contributed by atoms with E-state index in [0.717, 1.165) is 6.42 Å². The molecule has 0 N–H and O–H groups in total. The van der Waals surface area contributed by atoms with Crippen molar-refractivity contribution in [3.05, 3.63) is 52.7 Å². The van der Waals surface area contributed by atoms with Crippen LogP contribution in [0.4, 0.5) is 0 Å². The maximum absolute atomic E-state index is 2.46. The van der Waals surface area contributed by atoms with E-state index in [2.05, 4.69) is 69.8 Å². The van der Waals surface area contributed by atoms with Crippen molar-refractivity contribution < 1.29 is 4.57 Å². The Hall–Kier alpha value is -1.63. The van der Waals surface area contributed by atoms with Crippen LogP contribution in [0.2, 0.25) is 0 Å². The van der Waals surface area contributed by atoms with E-state index < -0.39 is 0 Å². The summed E-state index contributed by atoms with van der Waals surface area (Å²) in [7, 11) is 2.16. The second-order valence-electron chi connectivity index (χ2n) is 8.41. The molecule has 0 unspecified atom stereocenters. The van der Waals surface area contributed by atoms with E-state index in [9.17, 15) is 0 Å². The summed E-state index contributed by atoms with van der Waals surface area (Å²) in [6, 6.07) is 9.55. The van der Waals surface area contributed by atoms with Gasteiger partial charge in [0.05, 0.1) is 0 Å². The van der Waals surface area contributed by atoms with E-state index in [-0.39, 0.29) is 0 Å². The molecule has 0 fully saturated rings. The first-order chi connectivity index (χ1) is 10.8. The minimum Gasteiger partial charge on any atom is -0.201 e. The number of nitrogens with zero attached hydrogens (tertiary/aromatic N) is 1. The highest BCUT2D eigenvalue weighted by Crippen LogP contribution is 2.30. The molecule has 1 heterocycles. The van der Waals surface area contributed by atoms with Gasteiger partial charge in [-0.25, -0.2) is 4.57 Å². The lowest BCUT2D eigenvalue weighted by Gasteiger charge is -2.19. The van der Waals surface area contributed by atoms with Crippen molar-refractivity contribution in [1.29, 1.82) is 0 Å². The molecule has 0 amide bonds. The number of aryl methyl sites for hydroxylation is 4. The molecule has 0 spiro atoms. The quantitative estimate of drug-likeness (QED) is 0.691. The summed E-state index contributed by atoms with van der Waals surface area (Å²) in [5.74, 6) is 0. The van der Waals surface area contributed by atoms with Crippen molar-refractivity contribution >= 4 is 0 Å². The van der Waals surface area contributed by atoms with Gasteiger partial charge in [0.2, 0.25) is 5.69 Å². The first-order valence-electron chi connectivity index (χ1n) is 8.95. The SMILES string of the molecule is Cc1cc2c(cc1-c1cc(CC(C)(C)C)cc[n+]1C)CCCC2. The number of pyridine rings is 1. The zero-order chi connectivity index (χ0) is 16.6. The van der Waals surface area contributed by atoms with Crippen molar-refractivity contribution in [2.45, 2.75) is 59.8 Å². The van der Waals surface area contributed by atoms with Crippen LogP contribution in [0, 0.1) is 12.3 Å². The molecule has 0 atom stereocenters. The van der Waals surface area contributed by atoms with Crippen LogP contribution in [0.5, 0.6) is 0 Å². The Balaban J connectivity index is 2.05. The van der Waals surface area contributed by atoms with Crippen molar-refractivity contribution in [3.63, 3.8) is 0 Å². The zero-order valence-corrected chi connectivity index (χ0v) is 15.4. The Morgan fingerprint density at radius 2 is 1.65 bits per heavy atom. The number of fused-ring (bicyclic) bond motifs is 1. The molecule has 2 aromatic rings. The zero-order valence-electron chi connectivity index (χ0n) is 15.4. The molecule has 0 bridgehead atoms. The summed E-state index contributed by atoms with van der Waals surface area (Å²) >= 11 is 0. The second kappa shape index (κ2) is 6.11. The lowest BCUT2D eigenvalue weighted by molar-refractivity contribution is -0.660. The van der Waals surface area contributed by atoms with Gasteiger partial charge < -0.3 is 0 Å². The van der Waals surface area contributed by atoms with Crippen molar-refractivity contribution in [3.8, 4) is 11.3 Å². The molecule has 1 aliphatic rings. The van der Waals surface area contributed by atoms with Crippen molar-refractivity contribution in [1.82, 2.24) is 0 Å². The number of hydrogen-bond donors (Lipinski definition) is 0. The van der Waals surface area contributed by atoms with E-state index >= 15 is 0 Å². The third kappa shape index (κ3) is 3.65. The van der Waals surface area contributed by atoms with Gasteiger partial charge in [-0.05, 0) is 72.8 Å². The normalized spacial score (nSPS) is 14.7. The predicted molar refractivity (Wildman–Crippen MR) is 97.6 cm³/mol. The third-order valence-electron chi connectivity index (χ3n) is 4.91. The van der Waals surface area contributed by atoms with Crippen LogP contribution in [-0.2, 0) is 26.3 Å². The van der Waals surface area contributed by atoms with Gasteiger partial charge in [0, 0.05) is 17.7 Å². The largest absolute Gasteiger partial charge is 0.212 e. The molecule has 23 heavy (non-hydrogen) atoms. The minimum atomic E-state index is 0.322. The smallest absolute Gasteiger partial charge is 0.201 e. The predicted octanol–water partition coefficient (Wildman–Crippen LogP) is 4.95. The van der Waals surface area contributed by atoms with E-state index in [1.165, 1.54) is 48.1 Å². The van der Waals surface area contributed by atoms with Gasteiger partial charge in [0.1, 0.15) is 7.05 Å². The van der Waals surface area contributed by atoms with Crippen LogP contribution >= 0.6 is 0 Å². The van der Waals surface area contributed by atoms with Gasteiger partial charge >= 0.3 is 0 Å². The average Bonchev–Trinajstić information content (AvgIpc) is 2.47. The van der Waals surface area contributed by atoms with Crippen LogP contribution in [0.15, 0.2) is 30.5 Å². The Kier molecular flexibility index (Phi) is 4.31. The Morgan fingerprint density at radius 3 is 2.30 bits per heavy atom. The van der Waals surface area contributed by atoms with Gasteiger partial charge in [-0.1, -0.05) is 26.8 Å². The van der Waals surface area contributed by atoms with E-state index in [1.807, 2.05) is 0 Å².